The lowest BCUT2D eigenvalue weighted by Crippen LogP contribution is -2.35. The first kappa shape index (κ1) is 15.3. The van der Waals surface area contributed by atoms with Gasteiger partial charge in [0, 0.05) is 19.1 Å². The molecule has 2 fully saturated rings. The number of rotatable bonds is 7. The van der Waals surface area contributed by atoms with Crippen LogP contribution in [0.4, 0.5) is 0 Å². The maximum absolute atomic E-state index is 12.3. The third kappa shape index (κ3) is 5.79. The molecule has 0 amide bonds. The van der Waals surface area contributed by atoms with Crippen LogP contribution in [0.5, 0.6) is 0 Å². The van der Waals surface area contributed by atoms with Gasteiger partial charge in [0.25, 0.3) is 0 Å². The van der Waals surface area contributed by atoms with Crippen molar-refractivity contribution >= 4 is 10.0 Å². The van der Waals surface area contributed by atoms with Gasteiger partial charge in [-0.15, -0.1) is 0 Å². The zero-order valence-corrected chi connectivity index (χ0v) is 12.8. The molecule has 19 heavy (non-hydrogen) atoms. The van der Waals surface area contributed by atoms with Crippen LogP contribution in [0, 0.1) is 0 Å². The maximum atomic E-state index is 12.3. The van der Waals surface area contributed by atoms with Crippen LogP contribution in [0.25, 0.3) is 0 Å². The topological polar surface area (TPSA) is 49.4 Å². The Hall–Kier alpha value is -0.130. The number of nitrogens with zero attached hydrogens (tertiary/aromatic N) is 1. The van der Waals surface area contributed by atoms with E-state index in [1.807, 2.05) is 0 Å². The van der Waals surface area contributed by atoms with Crippen LogP contribution in [-0.4, -0.2) is 44.2 Å². The molecule has 1 aliphatic heterocycles. The van der Waals surface area contributed by atoms with E-state index in [1.165, 1.54) is 32.1 Å². The molecule has 0 spiro atoms. The van der Waals surface area contributed by atoms with Crippen molar-refractivity contribution in [2.45, 2.75) is 63.8 Å². The van der Waals surface area contributed by atoms with Gasteiger partial charge < -0.3 is 5.32 Å². The van der Waals surface area contributed by atoms with E-state index >= 15 is 0 Å². The van der Waals surface area contributed by atoms with Gasteiger partial charge in [0.2, 0.25) is 10.0 Å². The molecule has 2 aliphatic rings. The molecular weight excluding hydrogens is 260 g/mol. The van der Waals surface area contributed by atoms with E-state index in [4.69, 9.17) is 0 Å². The monoisotopic (exact) mass is 288 g/mol. The lowest BCUT2D eigenvalue weighted by atomic mass is 10.1. The second-order valence-corrected chi connectivity index (χ2v) is 8.01. The number of sulfonamides is 1. The quantitative estimate of drug-likeness (QED) is 0.730. The van der Waals surface area contributed by atoms with Crippen LogP contribution in [0.3, 0.4) is 0 Å². The van der Waals surface area contributed by atoms with Gasteiger partial charge in [-0.2, -0.15) is 0 Å². The predicted molar refractivity (Wildman–Crippen MR) is 78.7 cm³/mol. The van der Waals surface area contributed by atoms with Crippen LogP contribution in [0.1, 0.15) is 57.8 Å². The molecule has 1 N–H and O–H groups in total. The highest BCUT2D eigenvalue weighted by atomic mass is 32.2. The van der Waals surface area contributed by atoms with E-state index in [1.54, 1.807) is 4.31 Å². The van der Waals surface area contributed by atoms with Gasteiger partial charge in [0.05, 0.1) is 5.75 Å². The Morgan fingerprint density at radius 1 is 0.947 bits per heavy atom. The summed E-state index contributed by atoms with van der Waals surface area (Å²) >= 11 is 0. The van der Waals surface area contributed by atoms with Crippen LogP contribution in [0.15, 0.2) is 0 Å². The summed E-state index contributed by atoms with van der Waals surface area (Å²) in [5.74, 6) is 0.333. The Morgan fingerprint density at radius 3 is 2.21 bits per heavy atom. The van der Waals surface area contributed by atoms with Crippen LogP contribution >= 0.6 is 0 Å². The molecule has 112 valence electrons. The molecule has 5 heteroatoms. The third-order valence-electron chi connectivity index (χ3n) is 4.05. The van der Waals surface area contributed by atoms with Gasteiger partial charge in [0.1, 0.15) is 0 Å². The average molecular weight is 288 g/mol. The van der Waals surface area contributed by atoms with Gasteiger partial charge in [-0.3, -0.25) is 0 Å². The van der Waals surface area contributed by atoms with Gasteiger partial charge in [-0.05, 0) is 45.1 Å². The Kier molecular flexibility index (Phi) is 6.10. The minimum atomic E-state index is -3.00. The standard InChI is InChI=1S/C14H28N2O2S/c17-19(18,13-7-4-10-15-14-8-9-14)16-11-5-2-1-3-6-12-16/h14-15H,1-13H2. The predicted octanol–water partition coefficient (Wildman–Crippen LogP) is 2.11. The first-order valence-electron chi connectivity index (χ1n) is 7.90. The Balaban J connectivity index is 1.66. The summed E-state index contributed by atoms with van der Waals surface area (Å²) < 4.78 is 26.3. The van der Waals surface area contributed by atoms with Gasteiger partial charge >= 0.3 is 0 Å². The Bertz CT molecular complexity index is 344. The lowest BCUT2D eigenvalue weighted by Gasteiger charge is -2.24. The van der Waals surface area contributed by atoms with E-state index in [0.29, 0.717) is 5.75 Å². The smallest absolute Gasteiger partial charge is 0.214 e. The molecule has 0 atom stereocenters. The van der Waals surface area contributed by atoms with Crippen molar-refractivity contribution in [1.82, 2.24) is 9.62 Å². The fourth-order valence-corrected chi connectivity index (χ4v) is 4.27. The van der Waals surface area contributed by atoms with Crippen LogP contribution in [0.2, 0.25) is 0 Å². The van der Waals surface area contributed by atoms with E-state index in [-0.39, 0.29) is 0 Å². The molecule has 0 unspecified atom stereocenters. The number of hydrogen-bond donors (Lipinski definition) is 1. The van der Waals surface area contributed by atoms with Crippen molar-refractivity contribution in [2.24, 2.45) is 0 Å². The highest BCUT2D eigenvalue weighted by molar-refractivity contribution is 7.89. The van der Waals surface area contributed by atoms with Gasteiger partial charge in [0.15, 0.2) is 0 Å². The van der Waals surface area contributed by atoms with Gasteiger partial charge in [-0.1, -0.05) is 19.3 Å². The van der Waals surface area contributed by atoms with Crippen molar-refractivity contribution in [3.8, 4) is 0 Å². The van der Waals surface area contributed by atoms with Crippen molar-refractivity contribution in [2.75, 3.05) is 25.4 Å². The molecule has 0 aromatic carbocycles. The molecular formula is C14H28N2O2S. The molecule has 1 saturated carbocycles. The normalized spacial score (nSPS) is 22.9. The molecule has 0 radical (unpaired) electrons. The SMILES string of the molecule is O=S(=O)(CCCCNC1CC1)N1CCCCCCC1. The molecule has 0 aromatic rings. The van der Waals surface area contributed by atoms with E-state index < -0.39 is 10.0 Å². The first-order valence-corrected chi connectivity index (χ1v) is 9.50. The van der Waals surface area contributed by atoms with Crippen LogP contribution < -0.4 is 5.32 Å². The molecule has 1 aliphatic carbocycles. The second kappa shape index (κ2) is 7.60. The molecule has 0 aromatic heterocycles. The Morgan fingerprint density at radius 2 is 1.58 bits per heavy atom. The van der Waals surface area contributed by atoms with Gasteiger partial charge in [-0.25, -0.2) is 12.7 Å². The molecule has 2 rings (SSSR count). The van der Waals surface area contributed by atoms with E-state index in [2.05, 4.69) is 5.32 Å². The summed E-state index contributed by atoms with van der Waals surface area (Å²) in [4.78, 5) is 0. The fourth-order valence-electron chi connectivity index (χ4n) is 2.63. The van der Waals surface area contributed by atoms with Crippen molar-refractivity contribution in [1.29, 1.82) is 0 Å². The summed E-state index contributed by atoms with van der Waals surface area (Å²) in [6.07, 6.45) is 10.0. The molecule has 0 bridgehead atoms. The Labute approximate surface area is 118 Å². The zero-order valence-electron chi connectivity index (χ0n) is 11.9. The summed E-state index contributed by atoms with van der Waals surface area (Å²) in [5.41, 5.74) is 0. The highest BCUT2D eigenvalue weighted by Gasteiger charge is 2.22. The van der Waals surface area contributed by atoms with Crippen molar-refractivity contribution in [3.63, 3.8) is 0 Å². The summed E-state index contributed by atoms with van der Waals surface area (Å²) in [7, 11) is -3.00. The number of nitrogens with one attached hydrogen (secondary N) is 1. The molecule has 4 nitrogen and oxygen atoms in total. The van der Waals surface area contributed by atoms with Crippen molar-refractivity contribution in [3.05, 3.63) is 0 Å². The summed E-state index contributed by atoms with van der Waals surface area (Å²) in [5, 5.41) is 3.43. The second-order valence-electron chi connectivity index (χ2n) is 5.92. The summed E-state index contributed by atoms with van der Waals surface area (Å²) in [6, 6.07) is 0.728. The number of unbranched alkanes of at least 4 members (excludes halogenated alkanes) is 1. The maximum Gasteiger partial charge on any atom is 0.214 e. The zero-order chi connectivity index (χ0) is 13.6. The highest BCUT2D eigenvalue weighted by Crippen LogP contribution is 2.18. The molecule has 1 heterocycles. The van der Waals surface area contributed by atoms with E-state index in [9.17, 15) is 8.42 Å². The third-order valence-corrected chi connectivity index (χ3v) is 6.00. The lowest BCUT2D eigenvalue weighted by molar-refractivity contribution is 0.363. The fraction of sp³-hybridized carbons (Fsp3) is 1.00. The minimum absolute atomic E-state index is 0.333. The summed E-state index contributed by atoms with van der Waals surface area (Å²) in [6.45, 7) is 2.45. The first-order chi connectivity index (χ1) is 9.18. The molecule has 1 saturated heterocycles. The average Bonchev–Trinajstić information content (AvgIpc) is 3.11. The van der Waals surface area contributed by atoms with Crippen LogP contribution in [-0.2, 0) is 10.0 Å². The number of hydrogen-bond acceptors (Lipinski definition) is 3. The largest absolute Gasteiger partial charge is 0.314 e. The van der Waals surface area contributed by atoms with Crippen molar-refractivity contribution < 1.29 is 8.42 Å². The minimum Gasteiger partial charge on any atom is -0.314 e. The van der Waals surface area contributed by atoms with E-state index in [0.717, 1.165) is 51.4 Å².